The van der Waals surface area contributed by atoms with Crippen LogP contribution in [0.2, 0.25) is 0 Å². The molecule has 0 unspecified atom stereocenters. The lowest BCUT2D eigenvalue weighted by Gasteiger charge is -2.12. The molecule has 0 aliphatic heterocycles. The van der Waals surface area contributed by atoms with E-state index in [1.165, 1.54) is 7.11 Å². The molecule has 0 amide bonds. The van der Waals surface area contributed by atoms with E-state index in [4.69, 9.17) is 4.74 Å². The van der Waals surface area contributed by atoms with Crippen molar-refractivity contribution in [1.29, 1.82) is 0 Å². The number of methoxy groups -OCH3 is 1. The number of benzene rings is 2. The van der Waals surface area contributed by atoms with E-state index in [-0.39, 0.29) is 4.90 Å². The van der Waals surface area contributed by atoms with E-state index in [0.717, 1.165) is 22.4 Å². The molecular weight excluding hydrogens is 326 g/mol. The Kier molecular flexibility index (Phi) is 3.96. The van der Waals surface area contributed by atoms with Gasteiger partial charge in [-0.15, -0.1) is 0 Å². The lowest BCUT2D eigenvalue weighted by atomic mass is 10.2. The van der Waals surface area contributed by atoms with Crippen LogP contribution in [0.15, 0.2) is 41.3 Å². The summed E-state index contributed by atoms with van der Waals surface area (Å²) in [4.78, 5) is 4.54. The smallest absolute Gasteiger partial charge is 0.265 e. The van der Waals surface area contributed by atoms with Crippen molar-refractivity contribution < 1.29 is 13.2 Å². The zero-order chi connectivity index (χ0) is 17.5. The number of ether oxygens (including phenoxy) is 1. The van der Waals surface area contributed by atoms with Crippen LogP contribution >= 0.6 is 0 Å². The molecule has 126 valence electrons. The number of sulfonamides is 1. The molecule has 1 heterocycles. The predicted molar refractivity (Wildman–Crippen MR) is 94.0 cm³/mol. The number of imidazole rings is 1. The van der Waals surface area contributed by atoms with Gasteiger partial charge in [-0.05, 0) is 49.7 Å². The Hall–Kier alpha value is -2.54. The van der Waals surface area contributed by atoms with Gasteiger partial charge in [-0.3, -0.25) is 4.72 Å². The molecule has 0 atom stereocenters. The normalized spacial score (nSPS) is 11.7. The van der Waals surface area contributed by atoms with Crippen LogP contribution in [0.5, 0.6) is 5.75 Å². The summed E-state index contributed by atoms with van der Waals surface area (Å²) in [6.45, 7) is 3.74. The molecule has 0 spiro atoms. The average molecular weight is 345 g/mol. The molecule has 24 heavy (non-hydrogen) atoms. The summed E-state index contributed by atoms with van der Waals surface area (Å²) in [7, 11) is -0.387. The van der Waals surface area contributed by atoms with Crippen LogP contribution in [0.25, 0.3) is 11.0 Å². The molecule has 3 rings (SSSR count). The van der Waals surface area contributed by atoms with Crippen molar-refractivity contribution in [2.24, 2.45) is 7.05 Å². The largest absolute Gasteiger partial charge is 0.495 e. The summed E-state index contributed by atoms with van der Waals surface area (Å²) in [5.41, 5.74) is 2.99. The van der Waals surface area contributed by atoms with Crippen LogP contribution in [0, 0.1) is 13.8 Å². The van der Waals surface area contributed by atoms with Gasteiger partial charge in [0.05, 0.1) is 23.8 Å². The van der Waals surface area contributed by atoms with E-state index < -0.39 is 10.0 Å². The van der Waals surface area contributed by atoms with Crippen molar-refractivity contribution >= 4 is 26.7 Å². The number of hydrogen-bond donors (Lipinski definition) is 1. The Morgan fingerprint density at radius 1 is 1.12 bits per heavy atom. The van der Waals surface area contributed by atoms with Gasteiger partial charge in [-0.25, -0.2) is 13.4 Å². The molecule has 0 bridgehead atoms. The number of hydrogen-bond acceptors (Lipinski definition) is 4. The third-order valence-corrected chi connectivity index (χ3v) is 5.37. The van der Waals surface area contributed by atoms with Gasteiger partial charge in [0.25, 0.3) is 10.0 Å². The van der Waals surface area contributed by atoms with E-state index in [0.29, 0.717) is 11.4 Å². The van der Waals surface area contributed by atoms with Gasteiger partial charge >= 0.3 is 0 Å². The Morgan fingerprint density at radius 3 is 2.58 bits per heavy atom. The number of aryl methyl sites for hydroxylation is 3. The zero-order valence-electron chi connectivity index (χ0n) is 14.0. The molecule has 1 aromatic heterocycles. The first-order valence-corrected chi connectivity index (χ1v) is 8.90. The van der Waals surface area contributed by atoms with Gasteiger partial charge in [0.2, 0.25) is 0 Å². The number of nitrogens with one attached hydrogen (secondary N) is 1. The fraction of sp³-hybridized carbons (Fsp3) is 0.235. The van der Waals surface area contributed by atoms with Crippen molar-refractivity contribution in [3.63, 3.8) is 0 Å². The molecule has 6 nitrogen and oxygen atoms in total. The van der Waals surface area contributed by atoms with Gasteiger partial charge in [-0.2, -0.15) is 0 Å². The fourth-order valence-electron chi connectivity index (χ4n) is 2.59. The van der Waals surface area contributed by atoms with Crippen molar-refractivity contribution in [1.82, 2.24) is 9.55 Å². The average Bonchev–Trinajstić information content (AvgIpc) is 2.81. The first-order valence-electron chi connectivity index (χ1n) is 7.42. The highest BCUT2D eigenvalue weighted by atomic mass is 32.2. The fourth-order valence-corrected chi connectivity index (χ4v) is 3.89. The summed E-state index contributed by atoms with van der Waals surface area (Å²) in [5.74, 6) is 1.17. The minimum Gasteiger partial charge on any atom is -0.495 e. The standard InChI is InChI=1S/C17H19N3O3S/c1-11-5-8-16(23-4)17(9-11)24(21,22)19-13-6-7-15-14(10-13)18-12(2)20(15)3/h5-10,19H,1-4H3. The number of nitrogens with zero attached hydrogens (tertiary/aromatic N) is 2. The molecular formula is C17H19N3O3S. The van der Waals surface area contributed by atoms with E-state index >= 15 is 0 Å². The molecule has 7 heteroatoms. The summed E-state index contributed by atoms with van der Waals surface area (Å²) >= 11 is 0. The van der Waals surface area contributed by atoms with Gasteiger partial charge in [0.1, 0.15) is 16.5 Å². The minimum atomic E-state index is -3.76. The van der Waals surface area contributed by atoms with Gasteiger partial charge in [0, 0.05) is 7.05 Å². The molecule has 1 N–H and O–H groups in total. The maximum Gasteiger partial charge on any atom is 0.265 e. The number of rotatable bonds is 4. The second kappa shape index (κ2) is 5.83. The number of aromatic nitrogens is 2. The first kappa shape index (κ1) is 16.3. The predicted octanol–water partition coefficient (Wildman–Crippen LogP) is 3.00. The Morgan fingerprint density at radius 2 is 1.88 bits per heavy atom. The Bertz CT molecular complexity index is 1020. The molecule has 3 aromatic rings. The molecule has 0 radical (unpaired) electrons. The van der Waals surface area contributed by atoms with Gasteiger partial charge in [-0.1, -0.05) is 6.07 Å². The first-order chi connectivity index (χ1) is 11.3. The van der Waals surface area contributed by atoms with E-state index in [1.54, 1.807) is 30.3 Å². The highest BCUT2D eigenvalue weighted by molar-refractivity contribution is 7.92. The number of fused-ring (bicyclic) bond motifs is 1. The maximum atomic E-state index is 12.7. The van der Waals surface area contributed by atoms with E-state index in [2.05, 4.69) is 9.71 Å². The van der Waals surface area contributed by atoms with Crippen LogP contribution < -0.4 is 9.46 Å². The molecule has 0 saturated heterocycles. The monoisotopic (exact) mass is 345 g/mol. The third-order valence-electron chi connectivity index (χ3n) is 3.97. The van der Waals surface area contributed by atoms with Crippen LogP contribution in [0.4, 0.5) is 5.69 Å². The number of anilines is 1. The van der Waals surface area contributed by atoms with Crippen LogP contribution in [0.3, 0.4) is 0 Å². The van der Waals surface area contributed by atoms with Crippen molar-refractivity contribution in [2.45, 2.75) is 18.7 Å². The Balaban J connectivity index is 2.02. The summed E-state index contributed by atoms with van der Waals surface area (Å²) in [6, 6.07) is 10.3. The van der Waals surface area contributed by atoms with Gasteiger partial charge in [0.15, 0.2) is 0 Å². The lowest BCUT2D eigenvalue weighted by molar-refractivity contribution is 0.402. The van der Waals surface area contributed by atoms with E-state index in [1.807, 2.05) is 31.5 Å². The summed E-state index contributed by atoms with van der Waals surface area (Å²) in [6.07, 6.45) is 0. The quantitative estimate of drug-likeness (QED) is 0.789. The summed E-state index contributed by atoms with van der Waals surface area (Å²) < 4.78 is 35.2. The molecule has 0 aliphatic rings. The van der Waals surface area contributed by atoms with Crippen LogP contribution in [-0.4, -0.2) is 25.1 Å². The maximum absolute atomic E-state index is 12.7. The topological polar surface area (TPSA) is 73.2 Å². The van der Waals surface area contributed by atoms with E-state index in [9.17, 15) is 8.42 Å². The van der Waals surface area contributed by atoms with Crippen LogP contribution in [0.1, 0.15) is 11.4 Å². The lowest BCUT2D eigenvalue weighted by Crippen LogP contribution is -2.14. The molecule has 2 aromatic carbocycles. The highest BCUT2D eigenvalue weighted by Gasteiger charge is 2.20. The second-order valence-corrected chi connectivity index (χ2v) is 7.33. The van der Waals surface area contributed by atoms with Crippen LogP contribution in [-0.2, 0) is 17.1 Å². The highest BCUT2D eigenvalue weighted by Crippen LogP contribution is 2.28. The SMILES string of the molecule is COc1ccc(C)cc1S(=O)(=O)Nc1ccc2c(c1)nc(C)n2C. The summed E-state index contributed by atoms with van der Waals surface area (Å²) in [5, 5.41) is 0. The third kappa shape index (κ3) is 2.82. The Labute approximate surface area is 141 Å². The van der Waals surface area contributed by atoms with Crippen molar-refractivity contribution in [3.05, 3.63) is 47.8 Å². The molecule has 0 saturated carbocycles. The zero-order valence-corrected chi connectivity index (χ0v) is 14.8. The van der Waals surface area contributed by atoms with Gasteiger partial charge < -0.3 is 9.30 Å². The minimum absolute atomic E-state index is 0.113. The molecule has 0 aliphatic carbocycles. The van der Waals surface area contributed by atoms with Crippen molar-refractivity contribution in [3.8, 4) is 5.75 Å². The molecule has 0 fully saturated rings. The van der Waals surface area contributed by atoms with Crippen molar-refractivity contribution in [2.75, 3.05) is 11.8 Å². The second-order valence-electron chi connectivity index (χ2n) is 5.68.